The van der Waals surface area contributed by atoms with Crippen LogP contribution in [0.2, 0.25) is 0 Å². The number of ether oxygens (including phenoxy) is 1. The van der Waals surface area contributed by atoms with Crippen LogP contribution < -0.4 is 15.6 Å². The van der Waals surface area contributed by atoms with Crippen LogP contribution in [0.5, 0.6) is 5.75 Å². The molecule has 6 nitrogen and oxygen atoms in total. The quantitative estimate of drug-likeness (QED) is 0.707. The number of benzene rings is 2. The summed E-state index contributed by atoms with van der Waals surface area (Å²) >= 11 is 0. The Hall–Kier alpha value is -3.28. The summed E-state index contributed by atoms with van der Waals surface area (Å²) in [6.07, 6.45) is 1.68. The number of methoxy groups -OCH3 is 1. The average molecular weight is 352 g/mol. The predicted molar refractivity (Wildman–Crippen MR) is 98.0 cm³/mol. The smallest absolute Gasteiger partial charge is 0.273 e. The molecule has 1 heterocycles. The Morgan fingerprint density at radius 1 is 1.12 bits per heavy atom. The lowest BCUT2D eigenvalue weighted by molar-refractivity contribution is -0.121. The Balaban J connectivity index is 1.67. The lowest BCUT2D eigenvalue weighted by Gasteiger charge is -2.10. The molecule has 2 amide bonds. The molecule has 6 heteroatoms. The summed E-state index contributed by atoms with van der Waals surface area (Å²) in [6, 6.07) is 10.8. The molecule has 0 radical (unpaired) electrons. The lowest BCUT2D eigenvalue weighted by atomic mass is 10.0. The Morgan fingerprint density at radius 3 is 2.65 bits per heavy atom. The molecule has 0 aliphatic rings. The molecule has 0 unspecified atom stereocenters. The fourth-order valence-corrected chi connectivity index (χ4v) is 3.00. The molecule has 26 heavy (non-hydrogen) atoms. The Labute approximate surface area is 151 Å². The van der Waals surface area contributed by atoms with Gasteiger partial charge in [0, 0.05) is 10.9 Å². The Morgan fingerprint density at radius 2 is 1.88 bits per heavy atom. The fraction of sp³-hybridized carbons (Fsp3) is 0.200. The fourth-order valence-electron chi connectivity index (χ4n) is 3.00. The van der Waals surface area contributed by atoms with Gasteiger partial charge in [0.2, 0.25) is 5.91 Å². The van der Waals surface area contributed by atoms with Gasteiger partial charge >= 0.3 is 0 Å². The maximum atomic E-state index is 12.2. The minimum atomic E-state index is -0.445. The van der Waals surface area contributed by atoms with Crippen LogP contribution in [0.4, 0.5) is 0 Å². The zero-order chi connectivity index (χ0) is 18.7. The first-order chi connectivity index (χ1) is 12.5. The van der Waals surface area contributed by atoms with E-state index < -0.39 is 5.91 Å². The summed E-state index contributed by atoms with van der Waals surface area (Å²) in [7, 11) is 1.48. The number of hydrogen-bond acceptors (Lipinski definition) is 4. The van der Waals surface area contributed by atoms with E-state index in [2.05, 4.69) is 10.9 Å². The topological polar surface area (TPSA) is 80.6 Å². The maximum Gasteiger partial charge on any atom is 0.273 e. The maximum absolute atomic E-state index is 12.2. The van der Waals surface area contributed by atoms with E-state index in [4.69, 9.17) is 9.15 Å². The molecule has 1 aromatic heterocycles. The minimum Gasteiger partial charge on any atom is -0.496 e. The van der Waals surface area contributed by atoms with Crippen LogP contribution in [0.1, 0.15) is 27.0 Å². The second-order valence-electron chi connectivity index (χ2n) is 6.10. The summed E-state index contributed by atoms with van der Waals surface area (Å²) in [6.45, 7) is 3.98. The number of furan rings is 1. The number of rotatable bonds is 4. The molecule has 2 N–H and O–H groups in total. The number of hydrazine groups is 1. The van der Waals surface area contributed by atoms with Crippen molar-refractivity contribution in [3.63, 3.8) is 0 Å². The van der Waals surface area contributed by atoms with Crippen LogP contribution in [0.25, 0.3) is 11.0 Å². The van der Waals surface area contributed by atoms with Gasteiger partial charge in [0.05, 0.1) is 25.4 Å². The molecule has 0 aliphatic carbocycles. The lowest BCUT2D eigenvalue weighted by Crippen LogP contribution is -2.42. The van der Waals surface area contributed by atoms with Gasteiger partial charge in [-0.25, -0.2) is 0 Å². The number of carbonyl (C=O) groups is 2. The SMILES string of the molecule is COc1ccccc1C(=O)NNC(=O)Cc1coc2cc(C)cc(C)c12. The number of fused-ring (bicyclic) bond motifs is 1. The molecule has 0 spiro atoms. The van der Waals surface area contributed by atoms with Gasteiger partial charge in [0.25, 0.3) is 5.91 Å². The summed E-state index contributed by atoms with van der Waals surface area (Å²) in [5, 5.41) is 0.932. The predicted octanol–water partition coefficient (Wildman–Crippen LogP) is 3.06. The highest BCUT2D eigenvalue weighted by Crippen LogP contribution is 2.26. The number of aryl methyl sites for hydroxylation is 2. The zero-order valence-corrected chi connectivity index (χ0v) is 14.9. The van der Waals surface area contributed by atoms with E-state index in [0.29, 0.717) is 11.3 Å². The van der Waals surface area contributed by atoms with Crippen LogP contribution >= 0.6 is 0 Å². The standard InChI is InChI=1S/C20H20N2O4/c1-12-8-13(2)19-14(11-26-17(19)9-12)10-18(23)21-22-20(24)15-6-4-5-7-16(15)25-3/h4-9,11H,10H2,1-3H3,(H,21,23)(H,22,24). The van der Waals surface area contributed by atoms with Crippen LogP contribution in [0, 0.1) is 13.8 Å². The summed E-state index contributed by atoms with van der Waals surface area (Å²) in [5.74, 6) is -0.346. The third-order valence-corrected chi connectivity index (χ3v) is 4.11. The molecular weight excluding hydrogens is 332 g/mol. The number of amides is 2. The highest BCUT2D eigenvalue weighted by atomic mass is 16.5. The van der Waals surface area contributed by atoms with Crippen LogP contribution in [0.15, 0.2) is 47.1 Å². The Kier molecular flexibility index (Phi) is 4.93. The molecule has 0 bridgehead atoms. The van der Waals surface area contributed by atoms with Crippen molar-refractivity contribution in [3.05, 3.63) is 64.9 Å². The van der Waals surface area contributed by atoms with Crippen molar-refractivity contribution in [2.75, 3.05) is 7.11 Å². The van der Waals surface area contributed by atoms with Gasteiger partial charge < -0.3 is 9.15 Å². The van der Waals surface area contributed by atoms with E-state index in [1.54, 1.807) is 30.5 Å². The third-order valence-electron chi connectivity index (χ3n) is 4.11. The highest BCUT2D eigenvalue weighted by Gasteiger charge is 2.15. The number of para-hydroxylation sites is 1. The van der Waals surface area contributed by atoms with E-state index in [9.17, 15) is 9.59 Å². The van der Waals surface area contributed by atoms with Gasteiger partial charge in [-0.1, -0.05) is 18.2 Å². The number of carbonyl (C=O) groups excluding carboxylic acids is 2. The second kappa shape index (κ2) is 7.31. The van der Waals surface area contributed by atoms with Crippen molar-refractivity contribution in [2.45, 2.75) is 20.3 Å². The molecule has 0 atom stereocenters. The van der Waals surface area contributed by atoms with Gasteiger partial charge in [0.1, 0.15) is 11.3 Å². The Bertz CT molecular complexity index is 975. The van der Waals surface area contributed by atoms with E-state index in [0.717, 1.165) is 27.7 Å². The first-order valence-corrected chi connectivity index (χ1v) is 8.19. The number of hydrogen-bond donors (Lipinski definition) is 2. The van der Waals surface area contributed by atoms with Crippen molar-refractivity contribution in [3.8, 4) is 5.75 Å². The third kappa shape index (κ3) is 3.54. The summed E-state index contributed by atoms with van der Waals surface area (Å²) in [4.78, 5) is 24.4. The van der Waals surface area contributed by atoms with Crippen molar-refractivity contribution in [1.29, 1.82) is 0 Å². The molecule has 0 saturated heterocycles. The first kappa shape index (κ1) is 17.5. The van der Waals surface area contributed by atoms with E-state index in [1.807, 2.05) is 26.0 Å². The second-order valence-corrected chi connectivity index (χ2v) is 6.10. The summed E-state index contributed by atoms with van der Waals surface area (Å²) in [5.41, 5.74) is 8.87. The summed E-state index contributed by atoms with van der Waals surface area (Å²) < 4.78 is 10.7. The van der Waals surface area contributed by atoms with Crippen molar-refractivity contribution >= 4 is 22.8 Å². The molecule has 134 valence electrons. The highest BCUT2D eigenvalue weighted by molar-refractivity contribution is 5.98. The van der Waals surface area contributed by atoms with E-state index >= 15 is 0 Å². The van der Waals surface area contributed by atoms with E-state index in [-0.39, 0.29) is 12.3 Å². The van der Waals surface area contributed by atoms with Crippen LogP contribution in [0.3, 0.4) is 0 Å². The molecule has 3 rings (SSSR count). The largest absolute Gasteiger partial charge is 0.496 e. The molecule has 0 saturated carbocycles. The van der Waals surface area contributed by atoms with Crippen LogP contribution in [-0.2, 0) is 11.2 Å². The van der Waals surface area contributed by atoms with E-state index in [1.165, 1.54) is 7.11 Å². The first-order valence-electron chi connectivity index (χ1n) is 8.19. The average Bonchev–Trinajstić information content (AvgIpc) is 3.02. The van der Waals surface area contributed by atoms with Gasteiger partial charge in [-0.15, -0.1) is 0 Å². The normalized spacial score (nSPS) is 10.6. The van der Waals surface area contributed by atoms with Gasteiger partial charge in [-0.2, -0.15) is 0 Å². The molecule has 0 fully saturated rings. The molecule has 3 aromatic rings. The van der Waals surface area contributed by atoms with Gasteiger partial charge in [-0.05, 0) is 43.2 Å². The van der Waals surface area contributed by atoms with Gasteiger partial charge in [0.15, 0.2) is 0 Å². The molecular formula is C20H20N2O4. The van der Waals surface area contributed by atoms with Gasteiger partial charge in [-0.3, -0.25) is 20.4 Å². The van der Waals surface area contributed by atoms with Crippen LogP contribution in [-0.4, -0.2) is 18.9 Å². The molecule has 0 aliphatic heterocycles. The minimum absolute atomic E-state index is 0.100. The zero-order valence-electron chi connectivity index (χ0n) is 14.9. The monoisotopic (exact) mass is 352 g/mol. The van der Waals surface area contributed by atoms with Crippen molar-refractivity contribution in [2.24, 2.45) is 0 Å². The van der Waals surface area contributed by atoms with Crippen molar-refractivity contribution in [1.82, 2.24) is 10.9 Å². The molecule has 2 aromatic carbocycles. The van der Waals surface area contributed by atoms with Crippen molar-refractivity contribution < 1.29 is 18.7 Å². The number of nitrogens with one attached hydrogen (secondary N) is 2.